The van der Waals surface area contributed by atoms with Gasteiger partial charge in [-0.25, -0.2) is 0 Å². The van der Waals surface area contributed by atoms with Crippen LogP contribution in [0.25, 0.3) is 0 Å². The van der Waals surface area contributed by atoms with Crippen molar-refractivity contribution in [2.75, 3.05) is 13.2 Å². The van der Waals surface area contributed by atoms with Gasteiger partial charge < -0.3 is 9.47 Å². The third-order valence-corrected chi connectivity index (χ3v) is 6.08. The average molecular weight is 311 g/mol. The Morgan fingerprint density at radius 1 is 0.864 bits per heavy atom. The fourth-order valence-corrected chi connectivity index (χ4v) is 4.31. The highest BCUT2D eigenvalue weighted by atomic mass is 16.7. The van der Waals surface area contributed by atoms with Crippen LogP contribution < -0.4 is 0 Å². The normalized spacial score (nSPS) is 36.4. The standard InChI is InChI=1S/C20H38O2/c1-4-6-7-8-9-10-17-11-13-18(14-12-17)20(3)15-21-19(5-2)22-16-20/h17-19H,4-16H2,1-3H3. The van der Waals surface area contributed by atoms with Crippen molar-refractivity contribution in [1.29, 1.82) is 0 Å². The van der Waals surface area contributed by atoms with Crippen molar-refractivity contribution in [3.05, 3.63) is 0 Å². The van der Waals surface area contributed by atoms with Crippen LogP contribution in [0.1, 0.15) is 91.4 Å². The molecule has 22 heavy (non-hydrogen) atoms. The maximum Gasteiger partial charge on any atom is 0.157 e. The predicted octanol–water partition coefficient (Wildman–Crippen LogP) is 5.94. The minimum Gasteiger partial charge on any atom is -0.352 e. The van der Waals surface area contributed by atoms with Crippen molar-refractivity contribution in [2.24, 2.45) is 17.3 Å². The lowest BCUT2D eigenvalue weighted by Crippen LogP contribution is -2.45. The maximum absolute atomic E-state index is 5.90. The molecule has 2 aliphatic rings. The molecule has 0 amide bonds. The van der Waals surface area contributed by atoms with E-state index in [0.29, 0.717) is 0 Å². The van der Waals surface area contributed by atoms with Gasteiger partial charge in [-0.05, 0) is 31.1 Å². The minimum absolute atomic E-state index is 0.0486. The van der Waals surface area contributed by atoms with Crippen molar-refractivity contribution in [3.8, 4) is 0 Å². The lowest BCUT2D eigenvalue weighted by Gasteiger charge is -2.45. The van der Waals surface area contributed by atoms with Gasteiger partial charge in [-0.3, -0.25) is 0 Å². The molecule has 0 N–H and O–H groups in total. The van der Waals surface area contributed by atoms with Gasteiger partial charge in [-0.2, -0.15) is 0 Å². The Hall–Kier alpha value is -0.0800. The van der Waals surface area contributed by atoms with Gasteiger partial charge in [-0.1, -0.05) is 72.1 Å². The van der Waals surface area contributed by atoms with Gasteiger partial charge >= 0.3 is 0 Å². The summed E-state index contributed by atoms with van der Waals surface area (Å²) >= 11 is 0. The van der Waals surface area contributed by atoms with Gasteiger partial charge in [0, 0.05) is 5.41 Å². The summed E-state index contributed by atoms with van der Waals surface area (Å²) < 4.78 is 11.8. The number of rotatable bonds is 8. The largest absolute Gasteiger partial charge is 0.352 e. The lowest BCUT2D eigenvalue weighted by molar-refractivity contribution is -0.239. The van der Waals surface area contributed by atoms with E-state index in [9.17, 15) is 0 Å². The Bertz CT molecular complexity index is 286. The number of hydrogen-bond acceptors (Lipinski definition) is 2. The zero-order valence-corrected chi connectivity index (χ0v) is 15.2. The molecule has 0 atom stereocenters. The highest BCUT2D eigenvalue weighted by Crippen LogP contribution is 2.43. The van der Waals surface area contributed by atoms with Gasteiger partial charge in [-0.15, -0.1) is 0 Å². The molecule has 0 aromatic carbocycles. The summed E-state index contributed by atoms with van der Waals surface area (Å²) in [6.45, 7) is 8.62. The molecule has 0 unspecified atom stereocenters. The summed E-state index contributed by atoms with van der Waals surface area (Å²) in [4.78, 5) is 0. The van der Waals surface area contributed by atoms with E-state index in [1.165, 1.54) is 64.2 Å². The predicted molar refractivity (Wildman–Crippen MR) is 92.9 cm³/mol. The van der Waals surface area contributed by atoms with E-state index >= 15 is 0 Å². The summed E-state index contributed by atoms with van der Waals surface area (Å²) in [7, 11) is 0. The molecule has 0 radical (unpaired) electrons. The minimum atomic E-state index is 0.0486. The molecule has 1 saturated heterocycles. The van der Waals surface area contributed by atoms with Crippen LogP contribution in [-0.4, -0.2) is 19.5 Å². The molecule has 1 aliphatic heterocycles. The second kappa shape index (κ2) is 9.27. The molecule has 2 heteroatoms. The SMILES string of the molecule is CCCCCCCC1CCC(C2(C)COC(CC)OC2)CC1. The first-order valence-corrected chi connectivity index (χ1v) is 9.91. The smallest absolute Gasteiger partial charge is 0.157 e. The van der Waals surface area contributed by atoms with Crippen LogP contribution in [-0.2, 0) is 9.47 Å². The van der Waals surface area contributed by atoms with E-state index in [0.717, 1.165) is 31.5 Å². The van der Waals surface area contributed by atoms with Gasteiger partial charge in [0.25, 0.3) is 0 Å². The monoisotopic (exact) mass is 310 g/mol. The zero-order chi connectivity index (χ0) is 15.8. The van der Waals surface area contributed by atoms with E-state index in [-0.39, 0.29) is 11.7 Å². The van der Waals surface area contributed by atoms with Crippen LogP contribution in [0.15, 0.2) is 0 Å². The molecule has 130 valence electrons. The molecule has 2 rings (SSSR count). The van der Waals surface area contributed by atoms with Gasteiger partial charge in [0.1, 0.15) is 0 Å². The van der Waals surface area contributed by atoms with Gasteiger partial charge in [0.2, 0.25) is 0 Å². The van der Waals surface area contributed by atoms with Crippen molar-refractivity contribution in [2.45, 2.75) is 97.7 Å². The van der Waals surface area contributed by atoms with E-state index in [4.69, 9.17) is 9.47 Å². The van der Waals surface area contributed by atoms with Crippen molar-refractivity contribution < 1.29 is 9.47 Å². The molecule has 1 heterocycles. The average Bonchev–Trinajstić information content (AvgIpc) is 2.56. The summed E-state index contributed by atoms with van der Waals surface area (Å²) in [5, 5.41) is 0. The van der Waals surface area contributed by atoms with Crippen LogP contribution >= 0.6 is 0 Å². The molecular formula is C20H38O2. The molecule has 1 aliphatic carbocycles. The van der Waals surface area contributed by atoms with E-state index in [1.54, 1.807) is 0 Å². The van der Waals surface area contributed by atoms with Crippen molar-refractivity contribution in [1.82, 2.24) is 0 Å². The second-order valence-electron chi connectivity index (χ2n) is 8.03. The number of unbranched alkanes of at least 4 members (excludes halogenated alkanes) is 4. The summed E-state index contributed by atoms with van der Waals surface area (Å²) in [6.07, 6.45) is 15.3. The first-order chi connectivity index (χ1) is 10.7. The maximum atomic E-state index is 5.90. The van der Waals surface area contributed by atoms with Gasteiger partial charge in [0.15, 0.2) is 6.29 Å². The topological polar surface area (TPSA) is 18.5 Å². The molecule has 0 aromatic rings. The van der Waals surface area contributed by atoms with E-state index in [2.05, 4.69) is 20.8 Å². The molecule has 0 spiro atoms. The molecule has 1 saturated carbocycles. The first-order valence-electron chi connectivity index (χ1n) is 9.91. The lowest BCUT2D eigenvalue weighted by atomic mass is 9.67. The Kier molecular flexibility index (Phi) is 7.70. The number of hydrogen-bond donors (Lipinski definition) is 0. The zero-order valence-electron chi connectivity index (χ0n) is 15.2. The fourth-order valence-electron chi connectivity index (χ4n) is 4.31. The summed E-state index contributed by atoms with van der Waals surface area (Å²) in [5.74, 6) is 1.80. The van der Waals surface area contributed by atoms with Crippen molar-refractivity contribution >= 4 is 0 Å². The second-order valence-corrected chi connectivity index (χ2v) is 8.03. The molecule has 2 fully saturated rings. The first kappa shape index (κ1) is 18.3. The fraction of sp³-hybridized carbons (Fsp3) is 1.00. The van der Waals surface area contributed by atoms with E-state index < -0.39 is 0 Å². The Morgan fingerprint density at radius 3 is 2.09 bits per heavy atom. The Morgan fingerprint density at radius 2 is 1.50 bits per heavy atom. The van der Waals surface area contributed by atoms with Crippen LogP contribution in [0.2, 0.25) is 0 Å². The number of ether oxygens (including phenoxy) is 2. The quantitative estimate of drug-likeness (QED) is 0.516. The molecule has 0 aromatic heterocycles. The highest BCUT2D eigenvalue weighted by Gasteiger charge is 2.40. The molecule has 2 nitrogen and oxygen atoms in total. The Balaban J connectivity index is 1.64. The van der Waals surface area contributed by atoms with Crippen LogP contribution in [0, 0.1) is 17.3 Å². The van der Waals surface area contributed by atoms with Crippen LogP contribution in [0.5, 0.6) is 0 Å². The molecular weight excluding hydrogens is 272 g/mol. The molecule has 0 bridgehead atoms. The van der Waals surface area contributed by atoms with Gasteiger partial charge in [0.05, 0.1) is 13.2 Å². The van der Waals surface area contributed by atoms with Crippen molar-refractivity contribution in [3.63, 3.8) is 0 Å². The summed E-state index contributed by atoms with van der Waals surface area (Å²) in [5.41, 5.74) is 0.262. The Labute approximate surface area is 138 Å². The highest BCUT2D eigenvalue weighted by molar-refractivity contribution is 4.88. The van der Waals surface area contributed by atoms with Crippen LogP contribution in [0.3, 0.4) is 0 Å². The summed E-state index contributed by atoms with van der Waals surface area (Å²) in [6, 6.07) is 0. The van der Waals surface area contributed by atoms with Crippen LogP contribution in [0.4, 0.5) is 0 Å². The third-order valence-electron chi connectivity index (χ3n) is 6.08. The van der Waals surface area contributed by atoms with E-state index in [1.807, 2.05) is 0 Å². The third kappa shape index (κ3) is 5.23.